The van der Waals surface area contributed by atoms with E-state index < -0.39 is 0 Å². The fraction of sp³-hybridized carbons (Fsp3) is 0.160. The van der Waals surface area contributed by atoms with E-state index in [1.165, 1.54) is 44.2 Å². The average Bonchev–Trinajstić information content (AvgIpc) is 2.92. The van der Waals surface area contributed by atoms with E-state index in [0.717, 1.165) is 0 Å². The Morgan fingerprint density at radius 1 is 0.621 bits per heavy atom. The third-order valence-electron chi connectivity index (χ3n) is 5.09. The number of hydrogen-bond donors (Lipinski definition) is 0. The predicted molar refractivity (Wildman–Crippen MR) is 129 cm³/mol. The monoisotopic (exact) mass is 479 g/mol. The summed E-state index contributed by atoms with van der Waals surface area (Å²) in [6.45, 7) is 6.59. The Morgan fingerprint density at radius 2 is 1.14 bits per heavy atom. The molecule has 0 spiro atoms. The molecule has 152 valence electrons. The van der Waals surface area contributed by atoms with Crippen LogP contribution in [0.2, 0.25) is 0 Å². The van der Waals surface area contributed by atoms with Crippen LogP contribution < -0.4 is 0 Å². The standard InChI is InChI=1S/C25H23.3ClH.Ti/c1-17-8-6-11-21(14-17)25(22-12-7-9-18(2)15-22)24-19(3)16-20-10-4-5-13-23(20)24;;;;/h4-16,25H,1-3H3;3*1H;/q-1;;;;. The Balaban J connectivity index is 0.00000196. The zero-order valence-corrected chi connectivity index (χ0v) is 20.8. The Hall–Kier alpha value is -1.15. The Labute approximate surface area is 207 Å². The van der Waals surface area contributed by atoms with E-state index >= 15 is 0 Å². The minimum atomic E-state index is 0. The molecule has 0 atom stereocenters. The van der Waals surface area contributed by atoms with Gasteiger partial charge in [0.1, 0.15) is 0 Å². The zero-order chi connectivity index (χ0) is 17.4. The topological polar surface area (TPSA) is 0 Å². The molecular weight excluding hydrogens is 455 g/mol. The minimum Gasteiger partial charge on any atom is -0.165 e. The largest absolute Gasteiger partial charge is 0.165 e. The first-order chi connectivity index (χ1) is 12.1. The Bertz CT molecular complexity index is 1010. The van der Waals surface area contributed by atoms with Crippen molar-refractivity contribution < 1.29 is 21.7 Å². The van der Waals surface area contributed by atoms with E-state index in [0.29, 0.717) is 0 Å². The number of benzene rings is 3. The summed E-state index contributed by atoms with van der Waals surface area (Å²) < 4.78 is 0. The molecule has 0 saturated carbocycles. The molecule has 0 radical (unpaired) electrons. The van der Waals surface area contributed by atoms with Crippen molar-refractivity contribution in [3.63, 3.8) is 0 Å². The first kappa shape index (κ1) is 27.9. The van der Waals surface area contributed by atoms with Gasteiger partial charge in [-0.1, -0.05) is 72.6 Å². The third-order valence-corrected chi connectivity index (χ3v) is 5.09. The SMILES string of the molecule is Cc1cccc(C(c2cccc(C)c2)[c-]2c(C)cc3ccccc32)c1.Cl.Cl.Cl.[Ti]. The molecule has 0 nitrogen and oxygen atoms in total. The van der Waals surface area contributed by atoms with Crippen LogP contribution in [-0.4, -0.2) is 0 Å². The van der Waals surface area contributed by atoms with Gasteiger partial charge in [0.2, 0.25) is 0 Å². The molecule has 0 unspecified atom stereocenters. The molecule has 0 aliphatic carbocycles. The summed E-state index contributed by atoms with van der Waals surface area (Å²) in [6.07, 6.45) is 0. The van der Waals surface area contributed by atoms with Crippen LogP contribution in [0.4, 0.5) is 0 Å². The van der Waals surface area contributed by atoms with Crippen LogP contribution in [0.3, 0.4) is 0 Å². The van der Waals surface area contributed by atoms with Gasteiger partial charge in [-0.15, -0.1) is 77.3 Å². The second kappa shape index (κ2) is 11.9. The van der Waals surface area contributed by atoms with Crippen molar-refractivity contribution >= 4 is 48.0 Å². The first-order valence-corrected chi connectivity index (χ1v) is 8.91. The molecule has 4 aromatic rings. The van der Waals surface area contributed by atoms with Crippen LogP contribution in [0.5, 0.6) is 0 Å². The van der Waals surface area contributed by atoms with Crippen molar-refractivity contribution in [2.45, 2.75) is 26.7 Å². The van der Waals surface area contributed by atoms with Crippen LogP contribution in [0, 0.1) is 20.8 Å². The number of halogens is 3. The van der Waals surface area contributed by atoms with Gasteiger partial charge in [-0.3, -0.25) is 0 Å². The molecule has 0 amide bonds. The number of fused-ring (bicyclic) bond motifs is 1. The van der Waals surface area contributed by atoms with Gasteiger partial charge in [0.15, 0.2) is 0 Å². The molecule has 0 saturated heterocycles. The van der Waals surface area contributed by atoms with Gasteiger partial charge in [0, 0.05) is 27.6 Å². The molecule has 0 bridgehead atoms. The van der Waals surface area contributed by atoms with Gasteiger partial charge in [-0.05, 0) is 25.0 Å². The summed E-state index contributed by atoms with van der Waals surface area (Å²) >= 11 is 0. The van der Waals surface area contributed by atoms with Crippen molar-refractivity contribution in [1.82, 2.24) is 0 Å². The minimum absolute atomic E-state index is 0. The van der Waals surface area contributed by atoms with E-state index in [-0.39, 0.29) is 64.9 Å². The molecule has 0 aliphatic heterocycles. The van der Waals surface area contributed by atoms with Crippen molar-refractivity contribution in [2.75, 3.05) is 0 Å². The number of rotatable bonds is 3. The van der Waals surface area contributed by atoms with Gasteiger partial charge >= 0.3 is 0 Å². The molecule has 0 N–H and O–H groups in total. The smallest absolute Gasteiger partial charge is 0.000206 e. The van der Waals surface area contributed by atoms with Crippen molar-refractivity contribution in [1.29, 1.82) is 0 Å². The molecule has 0 aliphatic rings. The summed E-state index contributed by atoms with van der Waals surface area (Å²) in [6, 6.07) is 29.0. The molecule has 0 aromatic heterocycles. The molecular formula is C25H26Cl3Ti-. The molecule has 4 aromatic carbocycles. The Morgan fingerprint density at radius 3 is 1.66 bits per heavy atom. The van der Waals surface area contributed by atoms with Crippen molar-refractivity contribution in [2.24, 2.45) is 0 Å². The van der Waals surface area contributed by atoms with E-state index in [9.17, 15) is 0 Å². The Kier molecular flexibility index (Phi) is 11.4. The molecule has 4 rings (SSSR count). The number of hydrogen-bond acceptors (Lipinski definition) is 0. The molecule has 29 heavy (non-hydrogen) atoms. The summed E-state index contributed by atoms with van der Waals surface area (Å²) in [5.74, 6) is 0.264. The predicted octanol–water partition coefficient (Wildman–Crippen LogP) is 7.93. The third kappa shape index (κ3) is 5.72. The second-order valence-corrected chi connectivity index (χ2v) is 7.09. The normalized spacial score (nSPS) is 9.79. The fourth-order valence-corrected chi connectivity index (χ4v) is 4.00. The average molecular weight is 481 g/mol. The maximum atomic E-state index is 2.33. The quantitative estimate of drug-likeness (QED) is 0.206. The maximum absolute atomic E-state index is 2.33. The summed E-state index contributed by atoms with van der Waals surface area (Å²) in [7, 11) is 0. The van der Waals surface area contributed by atoms with Gasteiger partial charge in [0.25, 0.3) is 0 Å². The van der Waals surface area contributed by atoms with E-state index in [1.807, 2.05) is 0 Å². The van der Waals surface area contributed by atoms with E-state index in [1.54, 1.807) is 0 Å². The second-order valence-electron chi connectivity index (χ2n) is 7.09. The van der Waals surface area contributed by atoms with Gasteiger partial charge in [-0.2, -0.15) is 6.07 Å². The van der Waals surface area contributed by atoms with Gasteiger partial charge in [0.05, 0.1) is 0 Å². The zero-order valence-electron chi connectivity index (χ0n) is 16.8. The summed E-state index contributed by atoms with van der Waals surface area (Å²) in [5, 5.41) is 2.70. The fourth-order valence-electron chi connectivity index (χ4n) is 4.00. The van der Waals surface area contributed by atoms with Gasteiger partial charge < -0.3 is 0 Å². The van der Waals surface area contributed by atoms with Crippen LogP contribution >= 0.6 is 37.2 Å². The molecule has 0 fully saturated rings. The maximum Gasteiger partial charge on any atom is 0.000206 e. The summed E-state index contributed by atoms with van der Waals surface area (Å²) in [4.78, 5) is 0. The van der Waals surface area contributed by atoms with Crippen molar-refractivity contribution in [3.05, 3.63) is 112 Å². The summed E-state index contributed by atoms with van der Waals surface area (Å²) in [5.41, 5.74) is 8.16. The molecule has 0 heterocycles. The van der Waals surface area contributed by atoms with Gasteiger partial charge in [-0.25, -0.2) is 0 Å². The van der Waals surface area contributed by atoms with E-state index in [2.05, 4.69) is 99.6 Å². The van der Waals surface area contributed by atoms with Crippen LogP contribution in [0.25, 0.3) is 10.8 Å². The van der Waals surface area contributed by atoms with Crippen LogP contribution in [-0.2, 0) is 21.7 Å². The number of aryl methyl sites for hydroxylation is 3. The molecule has 4 heteroatoms. The van der Waals surface area contributed by atoms with Crippen molar-refractivity contribution in [3.8, 4) is 0 Å². The van der Waals surface area contributed by atoms with Crippen LogP contribution in [0.1, 0.15) is 39.3 Å². The van der Waals surface area contributed by atoms with Crippen LogP contribution in [0.15, 0.2) is 78.9 Å². The van der Waals surface area contributed by atoms with E-state index in [4.69, 9.17) is 0 Å². The first-order valence-electron chi connectivity index (χ1n) is 8.91.